The molecule has 1 aromatic rings. The molecule has 2 saturated carbocycles. The molecule has 27 heavy (non-hydrogen) atoms. The zero-order valence-electron chi connectivity index (χ0n) is 16.3. The second-order valence-corrected chi connectivity index (χ2v) is 9.24. The first kappa shape index (κ1) is 20.6. The second kappa shape index (κ2) is 10.4. The summed E-state index contributed by atoms with van der Waals surface area (Å²) in [4.78, 5) is 12.4. The summed E-state index contributed by atoms with van der Waals surface area (Å²) in [6.07, 6.45) is 10.8. The molecule has 0 spiro atoms. The Morgan fingerprint density at radius 3 is 2.67 bits per heavy atom. The lowest BCUT2D eigenvalue weighted by Gasteiger charge is -2.26. The van der Waals surface area contributed by atoms with Crippen molar-refractivity contribution < 1.29 is 9.90 Å². The minimum Gasteiger partial charge on any atom is -0.393 e. The standard InChI is InChI=1S/C19H33N5O2S/c1-2-17(12-19(26)20-14-6-4-3-5-7-14)27-13-18-21-22-23-24(18)15-8-10-16(25)11-9-15/h14-17,25H,2-13H2,1H3,(H,20,26). The average Bonchev–Trinajstić information content (AvgIpc) is 3.15. The van der Waals surface area contributed by atoms with Crippen LogP contribution in [0, 0.1) is 0 Å². The number of thioether (sulfide) groups is 1. The molecule has 1 heterocycles. The van der Waals surface area contributed by atoms with Gasteiger partial charge in [-0.15, -0.1) is 16.9 Å². The van der Waals surface area contributed by atoms with E-state index < -0.39 is 0 Å². The van der Waals surface area contributed by atoms with E-state index in [-0.39, 0.29) is 23.3 Å². The highest BCUT2D eigenvalue weighted by Crippen LogP contribution is 2.30. The first-order valence-corrected chi connectivity index (χ1v) is 11.6. The summed E-state index contributed by atoms with van der Waals surface area (Å²) in [5, 5.41) is 25.5. The van der Waals surface area contributed by atoms with Crippen molar-refractivity contribution in [3.05, 3.63) is 5.82 Å². The molecule has 2 N–H and O–H groups in total. The van der Waals surface area contributed by atoms with Crippen LogP contribution in [0.2, 0.25) is 0 Å². The van der Waals surface area contributed by atoms with Gasteiger partial charge in [-0.25, -0.2) is 4.68 Å². The molecule has 1 atom stereocenters. The molecule has 1 unspecified atom stereocenters. The number of hydrogen-bond acceptors (Lipinski definition) is 6. The van der Waals surface area contributed by atoms with E-state index >= 15 is 0 Å². The van der Waals surface area contributed by atoms with E-state index in [1.165, 1.54) is 19.3 Å². The van der Waals surface area contributed by atoms with Crippen LogP contribution in [0.1, 0.15) is 89.4 Å². The van der Waals surface area contributed by atoms with E-state index in [1.807, 2.05) is 4.68 Å². The fourth-order valence-corrected chi connectivity index (χ4v) is 5.23. The van der Waals surface area contributed by atoms with Gasteiger partial charge in [-0.2, -0.15) is 0 Å². The van der Waals surface area contributed by atoms with Crippen molar-refractivity contribution in [2.75, 3.05) is 0 Å². The fraction of sp³-hybridized carbons (Fsp3) is 0.895. The monoisotopic (exact) mass is 395 g/mol. The molecule has 1 aromatic heterocycles. The maximum absolute atomic E-state index is 12.4. The summed E-state index contributed by atoms with van der Waals surface area (Å²) in [6, 6.07) is 0.663. The number of amides is 1. The van der Waals surface area contributed by atoms with Crippen molar-refractivity contribution in [3.8, 4) is 0 Å². The summed E-state index contributed by atoms with van der Waals surface area (Å²) >= 11 is 1.77. The maximum atomic E-state index is 12.4. The fourth-order valence-electron chi connectivity index (χ4n) is 4.15. The molecule has 7 nitrogen and oxygen atoms in total. The van der Waals surface area contributed by atoms with E-state index in [4.69, 9.17) is 0 Å². The van der Waals surface area contributed by atoms with Crippen LogP contribution in [0.25, 0.3) is 0 Å². The predicted molar refractivity (Wildman–Crippen MR) is 106 cm³/mol. The van der Waals surface area contributed by atoms with E-state index in [1.54, 1.807) is 11.8 Å². The molecule has 2 aliphatic rings. The van der Waals surface area contributed by atoms with Crippen LogP contribution < -0.4 is 5.32 Å². The van der Waals surface area contributed by atoms with Crippen molar-refractivity contribution in [1.82, 2.24) is 25.5 Å². The van der Waals surface area contributed by atoms with Crippen LogP contribution in [0.5, 0.6) is 0 Å². The molecule has 0 radical (unpaired) electrons. The van der Waals surface area contributed by atoms with Crippen molar-refractivity contribution in [1.29, 1.82) is 0 Å². The largest absolute Gasteiger partial charge is 0.393 e. The van der Waals surface area contributed by atoms with Crippen LogP contribution in [0.15, 0.2) is 0 Å². The molecule has 0 saturated heterocycles. The van der Waals surface area contributed by atoms with Gasteiger partial charge >= 0.3 is 0 Å². The van der Waals surface area contributed by atoms with Gasteiger partial charge in [-0.05, 0) is 55.4 Å². The van der Waals surface area contributed by atoms with Gasteiger partial charge in [-0.3, -0.25) is 4.79 Å². The average molecular weight is 396 g/mol. The van der Waals surface area contributed by atoms with E-state index in [0.717, 1.165) is 56.5 Å². The highest BCUT2D eigenvalue weighted by atomic mass is 32.2. The molecule has 152 valence electrons. The Labute approximate surface area is 166 Å². The van der Waals surface area contributed by atoms with Crippen LogP contribution in [0.4, 0.5) is 0 Å². The minimum absolute atomic E-state index is 0.178. The number of carbonyl (C=O) groups is 1. The van der Waals surface area contributed by atoms with Crippen LogP contribution in [-0.2, 0) is 10.5 Å². The lowest BCUT2D eigenvalue weighted by molar-refractivity contribution is -0.122. The molecule has 2 aliphatic carbocycles. The van der Waals surface area contributed by atoms with E-state index in [2.05, 4.69) is 27.8 Å². The smallest absolute Gasteiger partial charge is 0.221 e. The third-order valence-corrected chi connectivity index (χ3v) is 7.26. The summed E-state index contributed by atoms with van der Waals surface area (Å²) < 4.78 is 1.94. The predicted octanol–water partition coefficient (Wildman–Crippen LogP) is 3.00. The van der Waals surface area contributed by atoms with Gasteiger partial charge in [0.15, 0.2) is 5.82 Å². The topological polar surface area (TPSA) is 92.9 Å². The van der Waals surface area contributed by atoms with Gasteiger partial charge in [0.25, 0.3) is 0 Å². The number of nitrogens with zero attached hydrogens (tertiary/aromatic N) is 4. The minimum atomic E-state index is -0.178. The van der Waals surface area contributed by atoms with Gasteiger partial charge in [0.05, 0.1) is 17.9 Å². The van der Waals surface area contributed by atoms with Gasteiger partial charge in [0, 0.05) is 17.7 Å². The Bertz CT molecular complexity index is 582. The van der Waals surface area contributed by atoms with Gasteiger partial charge in [0.2, 0.25) is 5.91 Å². The Hall–Kier alpha value is -1.15. The van der Waals surface area contributed by atoms with Crippen molar-refractivity contribution in [2.24, 2.45) is 0 Å². The van der Waals surface area contributed by atoms with E-state index in [0.29, 0.717) is 12.5 Å². The van der Waals surface area contributed by atoms with Crippen LogP contribution >= 0.6 is 11.8 Å². The van der Waals surface area contributed by atoms with Gasteiger partial charge in [0.1, 0.15) is 0 Å². The maximum Gasteiger partial charge on any atom is 0.221 e. The highest BCUT2D eigenvalue weighted by molar-refractivity contribution is 7.99. The zero-order chi connectivity index (χ0) is 19.1. The summed E-state index contributed by atoms with van der Waals surface area (Å²) in [6.45, 7) is 2.14. The molecule has 0 aromatic carbocycles. The number of aromatic nitrogens is 4. The lowest BCUT2D eigenvalue weighted by atomic mass is 9.93. The third kappa shape index (κ3) is 6.17. The summed E-state index contributed by atoms with van der Waals surface area (Å²) in [7, 11) is 0. The van der Waals surface area contributed by atoms with Gasteiger partial charge in [-0.1, -0.05) is 26.2 Å². The van der Waals surface area contributed by atoms with Crippen molar-refractivity contribution in [3.63, 3.8) is 0 Å². The Kier molecular flexibility index (Phi) is 7.93. The molecule has 0 aliphatic heterocycles. The Morgan fingerprint density at radius 1 is 1.22 bits per heavy atom. The SMILES string of the molecule is CCC(CC(=O)NC1CCCCC1)SCc1nnnn1C1CCC(O)CC1. The van der Waals surface area contributed by atoms with Crippen molar-refractivity contribution in [2.45, 2.75) is 107 Å². The lowest BCUT2D eigenvalue weighted by Crippen LogP contribution is -2.37. The van der Waals surface area contributed by atoms with E-state index in [9.17, 15) is 9.90 Å². The molecule has 0 bridgehead atoms. The number of carbonyl (C=O) groups excluding carboxylic acids is 1. The van der Waals surface area contributed by atoms with Crippen LogP contribution in [0.3, 0.4) is 0 Å². The third-order valence-electron chi connectivity index (χ3n) is 5.86. The first-order chi connectivity index (χ1) is 13.2. The number of rotatable bonds is 8. The second-order valence-electron chi connectivity index (χ2n) is 7.95. The number of aliphatic hydroxyl groups excluding tert-OH is 1. The molecular weight excluding hydrogens is 362 g/mol. The normalized spacial score (nSPS) is 25.3. The summed E-state index contributed by atoms with van der Waals surface area (Å²) in [5.74, 6) is 1.79. The quantitative estimate of drug-likeness (QED) is 0.703. The molecule has 3 rings (SSSR count). The zero-order valence-corrected chi connectivity index (χ0v) is 17.2. The highest BCUT2D eigenvalue weighted by Gasteiger charge is 2.25. The number of hydrogen-bond donors (Lipinski definition) is 2. The number of tetrazole rings is 1. The molecule has 2 fully saturated rings. The number of nitrogens with one attached hydrogen (secondary N) is 1. The summed E-state index contributed by atoms with van der Waals surface area (Å²) in [5.41, 5.74) is 0. The molecular formula is C19H33N5O2S. The Morgan fingerprint density at radius 2 is 1.96 bits per heavy atom. The Balaban J connectivity index is 1.46. The van der Waals surface area contributed by atoms with Gasteiger partial charge < -0.3 is 10.4 Å². The first-order valence-electron chi connectivity index (χ1n) is 10.5. The van der Waals surface area contributed by atoms with Crippen LogP contribution in [-0.4, -0.2) is 48.6 Å². The van der Waals surface area contributed by atoms with Crippen molar-refractivity contribution >= 4 is 17.7 Å². The molecule has 1 amide bonds. The molecule has 8 heteroatoms. The number of aliphatic hydroxyl groups is 1.